The van der Waals surface area contributed by atoms with Gasteiger partial charge in [-0.1, -0.05) is 71.3 Å². The fraction of sp³-hybridized carbons (Fsp3) is 0.600. The molecule has 0 amide bonds. The zero-order valence-electron chi connectivity index (χ0n) is 15.2. The van der Waals surface area contributed by atoms with E-state index in [0.29, 0.717) is 5.92 Å². The summed E-state index contributed by atoms with van der Waals surface area (Å²) in [6.07, 6.45) is 11.6. The monoisotopic (exact) mass is 280 g/mol. The average Bonchev–Trinajstić information content (AvgIpc) is 2.41. The van der Waals surface area contributed by atoms with Crippen LogP contribution in [-0.4, -0.2) is 0 Å². The largest absolute Gasteiger partial charge is 0.103 e. The number of rotatable bonds is 6. The van der Waals surface area contributed by atoms with E-state index in [9.17, 15) is 0 Å². The molecule has 0 radical (unpaired) electrons. The van der Waals surface area contributed by atoms with Crippen molar-refractivity contribution in [2.45, 2.75) is 73.6 Å². The van der Waals surface area contributed by atoms with Crippen LogP contribution < -0.4 is 0 Å². The minimum Gasteiger partial charge on any atom is -0.103 e. The highest BCUT2D eigenvalue weighted by Gasteiger charge is 1.76. The van der Waals surface area contributed by atoms with Crippen molar-refractivity contribution in [2.75, 3.05) is 0 Å². The SMILES string of the molecule is C=C(C)CCC.C=CC(C)C.C=CCC.C=CCCC. The van der Waals surface area contributed by atoms with E-state index in [2.05, 4.69) is 67.9 Å². The quantitative estimate of drug-likeness (QED) is 0.436. The molecule has 0 heteroatoms. The molecule has 0 saturated heterocycles. The predicted molar refractivity (Wildman–Crippen MR) is 100 cm³/mol. The van der Waals surface area contributed by atoms with Crippen LogP contribution in [-0.2, 0) is 0 Å². The molecule has 0 aliphatic carbocycles. The first-order chi connectivity index (χ1) is 9.37. The first kappa shape index (κ1) is 27.3. The highest BCUT2D eigenvalue weighted by atomic mass is 13.8. The Labute approximate surface area is 130 Å². The van der Waals surface area contributed by atoms with Crippen LogP contribution in [0.1, 0.15) is 73.6 Å². The molecule has 0 aliphatic heterocycles. The number of allylic oxidation sites excluding steroid dienone is 4. The van der Waals surface area contributed by atoms with E-state index in [4.69, 9.17) is 0 Å². The summed E-state index contributed by atoms with van der Waals surface area (Å²) >= 11 is 0. The zero-order valence-corrected chi connectivity index (χ0v) is 15.2. The van der Waals surface area contributed by atoms with Gasteiger partial charge in [0.15, 0.2) is 0 Å². The summed E-state index contributed by atoms with van der Waals surface area (Å²) in [4.78, 5) is 0. The molecule has 20 heavy (non-hydrogen) atoms. The van der Waals surface area contributed by atoms with Crippen molar-refractivity contribution in [3.8, 4) is 0 Å². The molecule has 0 aliphatic rings. The summed E-state index contributed by atoms with van der Waals surface area (Å²) in [7, 11) is 0. The van der Waals surface area contributed by atoms with Gasteiger partial charge >= 0.3 is 0 Å². The molecule has 0 unspecified atom stereocenters. The Morgan fingerprint density at radius 1 is 0.950 bits per heavy atom. The maximum absolute atomic E-state index is 3.74. The lowest BCUT2D eigenvalue weighted by molar-refractivity contribution is 0.835. The van der Waals surface area contributed by atoms with Crippen molar-refractivity contribution in [2.24, 2.45) is 5.92 Å². The predicted octanol–water partition coefficient (Wildman–Crippen LogP) is 7.75. The normalized spacial score (nSPS) is 7.75. The van der Waals surface area contributed by atoms with E-state index in [0.717, 1.165) is 12.8 Å². The number of hydrogen-bond acceptors (Lipinski definition) is 0. The summed E-state index contributed by atoms with van der Waals surface area (Å²) in [6.45, 7) is 27.0. The Balaban J connectivity index is -0.0000000862. The lowest BCUT2D eigenvalue weighted by atomic mass is 10.2. The van der Waals surface area contributed by atoms with Gasteiger partial charge in [-0.2, -0.15) is 0 Å². The van der Waals surface area contributed by atoms with Crippen molar-refractivity contribution in [1.82, 2.24) is 0 Å². The highest BCUT2D eigenvalue weighted by Crippen LogP contribution is 1.96. The first-order valence-corrected chi connectivity index (χ1v) is 7.86. The van der Waals surface area contributed by atoms with Gasteiger partial charge in [0.05, 0.1) is 0 Å². The van der Waals surface area contributed by atoms with Crippen molar-refractivity contribution < 1.29 is 0 Å². The van der Waals surface area contributed by atoms with E-state index in [-0.39, 0.29) is 0 Å². The van der Waals surface area contributed by atoms with Gasteiger partial charge < -0.3 is 0 Å². The van der Waals surface area contributed by atoms with Crippen LogP contribution in [0.3, 0.4) is 0 Å². The van der Waals surface area contributed by atoms with E-state index >= 15 is 0 Å². The molecule has 0 nitrogen and oxygen atoms in total. The number of unbranched alkanes of at least 4 members (excludes halogenated alkanes) is 1. The summed E-state index contributed by atoms with van der Waals surface area (Å²) in [5, 5.41) is 0. The molecule has 0 atom stereocenters. The molecule has 0 aromatic rings. The molecular formula is C20H40. The van der Waals surface area contributed by atoms with Gasteiger partial charge in [0.2, 0.25) is 0 Å². The van der Waals surface area contributed by atoms with Gasteiger partial charge in [0.25, 0.3) is 0 Å². The van der Waals surface area contributed by atoms with Crippen LogP contribution in [0.5, 0.6) is 0 Å². The van der Waals surface area contributed by atoms with E-state index in [1.807, 2.05) is 18.2 Å². The lowest BCUT2D eigenvalue weighted by Crippen LogP contribution is -1.71. The van der Waals surface area contributed by atoms with Gasteiger partial charge in [0, 0.05) is 0 Å². The van der Waals surface area contributed by atoms with Gasteiger partial charge in [-0.3, -0.25) is 0 Å². The standard InChI is InChI=1S/C6H12.2C5H10.C4H8/c1-4-5-6(2)3;1-4-5(2)3;1-3-5-4-2;1-3-4-2/h2,4-5H2,1,3H3;4-5H,1H2,2-3H3;3H,1,4-5H2,2H3;3H,1,4H2,2H3. The molecule has 0 aromatic carbocycles. The fourth-order valence-corrected chi connectivity index (χ4v) is 0.631. The third kappa shape index (κ3) is 89.2. The van der Waals surface area contributed by atoms with Crippen LogP contribution in [0.4, 0.5) is 0 Å². The summed E-state index contributed by atoms with van der Waals surface area (Å²) in [6, 6.07) is 0. The second-order valence-corrected chi connectivity index (χ2v) is 4.96. The van der Waals surface area contributed by atoms with E-state index in [1.165, 1.54) is 24.8 Å². The summed E-state index contributed by atoms with van der Waals surface area (Å²) in [5.74, 6) is 0.648. The smallest absolute Gasteiger partial charge is 0.0293 e. The van der Waals surface area contributed by atoms with Crippen molar-refractivity contribution in [3.05, 3.63) is 50.1 Å². The third-order valence-electron chi connectivity index (χ3n) is 1.93. The minimum absolute atomic E-state index is 0.648. The topological polar surface area (TPSA) is 0 Å². The Hall–Kier alpha value is -1.04. The minimum atomic E-state index is 0.648. The Morgan fingerprint density at radius 3 is 1.35 bits per heavy atom. The molecule has 0 rings (SSSR count). The second kappa shape index (κ2) is 30.8. The van der Waals surface area contributed by atoms with Crippen molar-refractivity contribution in [1.29, 1.82) is 0 Å². The molecule has 0 fully saturated rings. The van der Waals surface area contributed by atoms with Crippen LogP contribution in [0.2, 0.25) is 0 Å². The molecule has 0 saturated carbocycles. The molecule has 0 bridgehead atoms. The van der Waals surface area contributed by atoms with Gasteiger partial charge in [-0.05, 0) is 32.1 Å². The van der Waals surface area contributed by atoms with Crippen LogP contribution in [0.25, 0.3) is 0 Å². The average molecular weight is 281 g/mol. The zero-order chi connectivity index (χ0) is 16.8. The van der Waals surface area contributed by atoms with E-state index < -0.39 is 0 Å². The van der Waals surface area contributed by atoms with E-state index in [1.54, 1.807) is 0 Å². The van der Waals surface area contributed by atoms with Gasteiger partial charge in [0.1, 0.15) is 0 Å². The maximum Gasteiger partial charge on any atom is -0.0293 e. The third-order valence-corrected chi connectivity index (χ3v) is 1.93. The van der Waals surface area contributed by atoms with Crippen LogP contribution in [0.15, 0.2) is 50.1 Å². The van der Waals surface area contributed by atoms with Crippen LogP contribution >= 0.6 is 0 Å². The molecule has 0 spiro atoms. The van der Waals surface area contributed by atoms with Gasteiger partial charge in [-0.25, -0.2) is 0 Å². The second-order valence-electron chi connectivity index (χ2n) is 4.96. The fourth-order valence-electron chi connectivity index (χ4n) is 0.631. The molecule has 0 aromatic heterocycles. The first-order valence-electron chi connectivity index (χ1n) is 7.86. The Kier molecular flexibility index (Phi) is 42.0. The molecule has 0 heterocycles. The van der Waals surface area contributed by atoms with Crippen LogP contribution in [0, 0.1) is 5.92 Å². The molecular weight excluding hydrogens is 240 g/mol. The Morgan fingerprint density at radius 2 is 1.35 bits per heavy atom. The van der Waals surface area contributed by atoms with Crippen molar-refractivity contribution in [3.63, 3.8) is 0 Å². The molecule has 120 valence electrons. The Bertz CT molecular complexity index is 196. The lowest BCUT2D eigenvalue weighted by Gasteiger charge is -1.87. The number of hydrogen-bond donors (Lipinski definition) is 0. The molecule has 0 N–H and O–H groups in total. The van der Waals surface area contributed by atoms with Crippen molar-refractivity contribution >= 4 is 0 Å². The maximum atomic E-state index is 3.74. The summed E-state index contributed by atoms with van der Waals surface area (Å²) in [5.41, 5.74) is 1.29. The summed E-state index contributed by atoms with van der Waals surface area (Å²) < 4.78 is 0. The van der Waals surface area contributed by atoms with Gasteiger partial charge in [-0.15, -0.1) is 26.3 Å². The highest BCUT2D eigenvalue weighted by molar-refractivity contribution is 4.86.